The molecule has 5 nitrogen and oxygen atoms in total. The minimum Gasteiger partial charge on any atom is -0.380 e. The molecule has 2 atom stereocenters. The zero-order valence-electron chi connectivity index (χ0n) is 8.82. The average Bonchev–Trinajstić information content (AvgIpc) is 2.64. The predicted octanol–water partition coefficient (Wildman–Crippen LogP) is -0.667. The first-order chi connectivity index (χ1) is 6.67. The maximum Gasteiger partial charge on any atom is 0.237 e. The Hall–Kier alpha value is -0.650. The minimum absolute atomic E-state index is 0.0596. The number of amides is 1. The van der Waals surface area contributed by atoms with Gasteiger partial charge in [0.15, 0.2) is 0 Å². The second kappa shape index (κ2) is 5.29. The standard InChI is InChI=1S/C9H19N3O2/c1-7(9(13)11-10)5-12-4-3-8(6-12)14-2/h7-8H,3-6,10H2,1-2H3,(H,11,13). The summed E-state index contributed by atoms with van der Waals surface area (Å²) in [7, 11) is 1.73. The summed E-state index contributed by atoms with van der Waals surface area (Å²) in [6.45, 7) is 4.55. The smallest absolute Gasteiger partial charge is 0.237 e. The number of methoxy groups -OCH3 is 1. The van der Waals surface area contributed by atoms with E-state index in [2.05, 4.69) is 10.3 Å². The van der Waals surface area contributed by atoms with Crippen molar-refractivity contribution in [3.8, 4) is 0 Å². The molecule has 0 aromatic carbocycles. The molecule has 0 aliphatic carbocycles. The van der Waals surface area contributed by atoms with Gasteiger partial charge in [-0.15, -0.1) is 0 Å². The number of hydrazine groups is 1. The van der Waals surface area contributed by atoms with Gasteiger partial charge in [0.25, 0.3) is 0 Å². The van der Waals surface area contributed by atoms with Crippen LogP contribution in [0.25, 0.3) is 0 Å². The molecule has 2 unspecified atom stereocenters. The van der Waals surface area contributed by atoms with Crippen molar-refractivity contribution in [3.63, 3.8) is 0 Å². The molecule has 82 valence electrons. The molecular formula is C9H19N3O2. The SMILES string of the molecule is COC1CCN(CC(C)C(=O)NN)C1. The molecule has 0 bridgehead atoms. The first-order valence-electron chi connectivity index (χ1n) is 4.93. The molecule has 1 rings (SSSR count). The molecule has 5 heteroatoms. The van der Waals surface area contributed by atoms with Crippen molar-refractivity contribution in [2.45, 2.75) is 19.4 Å². The lowest BCUT2D eigenvalue weighted by molar-refractivity contribution is -0.125. The van der Waals surface area contributed by atoms with Gasteiger partial charge in [-0.3, -0.25) is 15.1 Å². The number of nitrogens with one attached hydrogen (secondary N) is 1. The van der Waals surface area contributed by atoms with Crippen LogP contribution >= 0.6 is 0 Å². The molecule has 3 N–H and O–H groups in total. The predicted molar refractivity (Wildman–Crippen MR) is 53.3 cm³/mol. The van der Waals surface area contributed by atoms with Gasteiger partial charge in [-0.25, -0.2) is 5.84 Å². The van der Waals surface area contributed by atoms with E-state index in [9.17, 15) is 4.79 Å². The van der Waals surface area contributed by atoms with Crippen molar-refractivity contribution in [2.24, 2.45) is 11.8 Å². The molecule has 0 spiro atoms. The van der Waals surface area contributed by atoms with Gasteiger partial charge in [0.2, 0.25) is 5.91 Å². The third-order valence-electron chi connectivity index (χ3n) is 2.68. The van der Waals surface area contributed by atoms with Crippen LogP contribution in [-0.2, 0) is 9.53 Å². The first-order valence-corrected chi connectivity index (χ1v) is 4.93. The topological polar surface area (TPSA) is 67.6 Å². The van der Waals surface area contributed by atoms with Gasteiger partial charge in [-0.2, -0.15) is 0 Å². The van der Waals surface area contributed by atoms with Gasteiger partial charge in [-0.1, -0.05) is 6.92 Å². The summed E-state index contributed by atoms with van der Waals surface area (Å²) in [5.74, 6) is 4.89. The number of carbonyl (C=O) groups is 1. The van der Waals surface area contributed by atoms with Crippen LogP contribution in [0.5, 0.6) is 0 Å². The van der Waals surface area contributed by atoms with Crippen LogP contribution in [0, 0.1) is 5.92 Å². The first kappa shape index (κ1) is 11.4. The summed E-state index contributed by atoms with van der Waals surface area (Å²) in [6, 6.07) is 0. The fourth-order valence-corrected chi connectivity index (χ4v) is 1.77. The molecule has 1 heterocycles. The van der Waals surface area contributed by atoms with E-state index >= 15 is 0 Å². The van der Waals surface area contributed by atoms with Gasteiger partial charge in [-0.05, 0) is 6.42 Å². The fourth-order valence-electron chi connectivity index (χ4n) is 1.77. The van der Waals surface area contributed by atoms with E-state index < -0.39 is 0 Å². The van der Waals surface area contributed by atoms with E-state index in [0.29, 0.717) is 6.10 Å². The third-order valence-corrected chi connectivity index (χ3v) is 2.68. The van der Waals surface area contributed by atoms with Crippen molar-refractivity contribution in [1.82, 2.24) is 10.3 Å². The Labute approximate surface area is 84.5 Å². The van der Waals surface area contributed by atoms with Crippen molar-refractivity contribution in [1.29, 1.82) is 0 Å². The van der Waals surface area contributed by atoms with E-state index in [1.165, 1.54) is 0 Å². The zero-order chi connectivity index (χ0) is 10.6. The van der Waals surface area contributed by atoms with Gasteiger partial charge in [0.05, 0.1) is 6.10 Å². The lowest BCUT2D eigenvalue weighted by atomic mass is 10.1. The van der Waals surface area contributed by atoms with Crippen LogP contribution in [0.4, 0.5) is 0 Å². The highest BCUT2D eigenvalue weighted by Crippen LogP contribution is 2.13. The Morgan fingerprint density at radius 1 is 1.79 bits per heavy atom. The summed E-state index contributed by atoms with van der Waals surface area (Å²) in [4.78, 5) is 13.4. The summed E-state index contributed by atoms with van der Waals surface area (Å²) in [6.07, 6.45) is 1.37. The van der Waals surface area contributed by atoms with Crippen LogP contribution in [0.15, 0.2) is 0 Å². The number of ether oxygens (including phenoxy) is 1. The second-order valence-electron chi connectivity index (χ2n) is 3.82. The lowest BCUT2D eigenvalue weighted by Crippen LogP contribution is -2.40. The lowest BCUT2D eigenvalue weighted by Gasteiger charge is -2.19. The van der Waals surface area contributed by atoms with Gasteiger partial charge in [0, 0.05) is 32.7 Å². The summed E-state index contributed by atoms with van der Waals surface area (Å²) in [5.41, 5.74) is 2.17. The van der Waals surface area contributed by atoms with Gasteiger partial charge >= 0.3 is 0 Å². The molecule has 1 amide bonds. The van der Waals surface area contributed by atoms with Crippen molar-refractivity contribution in [2.75, 3.05) is 26.7 Å². The normalized spacial score (nSPS) is 24.9. The molecule has 0 aromatic rings. The largest absolute Gasteiger partial charge is 0.380 e. The third kappa shape index (κ3) is 2.94. The summed E-state index contributed by atoms with van der Waals surface area (Å²) >= 11 is 0. The van der Waals surface area contributed by atoms with Crippen LogP contribution in [0.3, 0.4) is 0 Å². The number of carbonyl (C=O) groups excluding carboxylic acids is 1. The number of likely N-dealkylation sites (tertiary alicyclic amines) is 1. The Morgan fingerprint density at radius 3 is 3.00 bits per heavy atom. The van der Waals surface area contributed by atoms with Crippen molar-refractivity contribution < 1.29 is 9.53 Å². The minimum atomic E-state index is -0.106. The van der Waals surface area contributed by atoms with Gasteiger partial charge in [0.1, 0.15) is 0 Å². The van der Waals surface area contributed by atoms with E-state index in [4.69, 9.17) is 10.6 Å². The summed E-state index contributed by atoms with van der Waals surface area (Å²) in [5, 5.41) is 0. The number of hydrogen-bond donors (Lipinski definition) is 2. The Kier molecular flexibility index (Phi) is 4.31. The number of nitrogens with two attached hydrogens (primary N) is 1. The Bertz CT molecular complexity index is 198. The average molecular weight is 201 g/mol. The quantitative estimate of drug-likeness (QED) is 0.360. The Balaban J connectivity index is 2.28. The molecule has 1 saturated heterocycles. The van der Waals surface area contributed by atoms with E-state index in [-0.39, 0.29) is 11.8 Å². The van der Waals surface area contributed by atoms with Crippen LogP contribution in [-0.4, -0.2) is 43.7 Å². The van der Waals surface area contributed by atoms with Crippen molar-refractivity contribution >= 4 is 5.91 Å². The van der Waals surface area contributed by atoms with Crippen LogP contribution in [0.1, 0.15) is 13.3 Å². The molecular weight excluding hydrogens is 182 g/mol. The number of nitrogens with zero attached hydrogens (tertiary/aromatic N) is 1. The molecule has 1 aliphatic rings. The maximum atomic E-state index is 11.2. The highest BCUT2D eigenvalue weighted by Gasteiger charge is 2.24. The van der Waals surface area contributed by atoms with E-state index in [1.807, 2.05) is 6.92 Å². The molecule has 0 aromatic heterocycles. The van der Waals surface area contributed by atoms with Crippen LogP contribution in [0.2, 0.25) is 0 Å². The highest BCUT2D eigenvalue weighted by atomic mass is 16.5. The van der Waals surface area contributed by atoms with E-state index in [1.54, 1.807) is 7.11 Å². The molecule has 1 fully saturated rings. The Morgan fingerprint density at radius 2 is 2.50 bits per heavy atom. The number of rotatable bonds is 4. The number of hydrogen-bond acceptors (Lipinski definition) is 4. The fraction of sp³-hybridized carbons (Fsp3) is 0.889. The maximum absolute atomic E-state index is 11.2. The molecule has 14 heavy (non-hydrogen) atoms. The highest BCUT2D eigenvalue weighted by molar-refractivity contribution is 5.77. The summed E-state index contributed by atoms with van der Waals surface area (Å²) < 4.78 is 5.24. The zero-order valence-corrected chi connectivity index (χ0v) is 8.82. The molecule has 1 aliphatic heterocycles. The second-order valence-corrected chi connectivity index (χ2v) is 3.82. The van der Waals surface area contributed by atoms with Gasteiger partial charge < -0.3 is 4.74 Å². The molecule has 0 saturated carbocycles. The van der Waals surface area contributed by atoms with E-state index in [0.717, 1.165) is 26.1 Å². The van der Waals surface area contributed by atoms with Crippen molar-refractivity contribution in [3.05, 3.63) is 0 Å². The van der Waals surface area contributed by atoms with Crippen LogP contribution < -0.4 is 11.3 Å². The monoisotopic (exact) mass is 201 g/mol. The molecule has 0 radical (unpaired) electrons.